The Balaban J connectivity index is 0.823. The highest BCUT2D eigenvalue weighted by Crippen LogP contribution is 2.35. The molecule has 17 heteroatoms. The maximum absolute atomic E-state index is 13.7. The Morgan fingerprint density at radius 3 is 2.49 bits per heavy atom. The molecule has 4 heterocycles. The number of hydrogen-bond donors (Lipinski definition) is 5. The van der Waals surface area contributed by atoms with E-state index in [-0.39, 0.29) is 23.4 Å². The van der Waals surface area contributed by atoms with Crippen LogP contribution < -0.4 is 26.0 Å². The van der Waals surface area contributed by atoms with Crippen molar-refractivity contribution in [3.63, 3.8) is 0 Å². The number of piperidine rings is 1. The van der Waals surface area contributed by atoms with Gasteiger partial charge in [-0.25, -0.2) is 14.4 Å². The van der Waals surface area contributed by atoms with E-state index in [2.05, 4.69) is 47.6 Å². The van der Waals surface area contributed by atoms with E-state index in [1.807, 2.05) is 0 Å². The molecule has 2 unspecified atom stereocenters. The van der Waals surface area contributed by atoms with Gasteiger partial charge in [0.15, 0.2) is 0 Å². The van der Waals surface area contributed by atoms with Gasteiger partial charge in [-0.2, -0.15) is 0 Å². The minimum absolute atomic E-state index is 0.0248. The lowest BCUT2D eigenvalue weighted by Crippen LogP contribution is -2.55. The number of hydrogen-bond acceptors (Lipinski definition) is 12. The van der Waals surface area contributed by atoms with Crippen LogP contribution in [0.15, 0.2) is 67.5 Å². The predicted octanol–water partition coefficient (Wildman–Crippen LogP) is 5.15. The summed E-state index contributed by atoms with van der Waals surface area (Å²) in [5.41, 5.74) is 2.74. The molecule has 3 aromatic carbocycles. The number of piperazine rings is 1. The molecule has 310 valence electrons. The van der Waals surface area contributed by atoms with Gasteiger partial charge in [-0.1, -0.05) is 30.7 Å². The first-order chi connectivity index (χ1) is 28.6. The molecule has 0 spiro atoms. The van der Waals surface area contributed by atoms with Crippen molar-refractivity contribution < 1.29 is 33.4 Å². The fraction of sp³-hybridized carbons (Fsp3) is 0.381. The Morgan fingerprint density at radius 1 is 0.966 bits per heavy atom. The highest BCUT2D eigenvalue weighted by Gasteiger charge is 2.45. The van der Waals surface area contributed by atoms with E-state index in [0.29, 0.717) is 58.2 Å². The Kier molecular flexibility index (Phi) is 13.3. The molecule has 15 nitrogen and oxygen atoms in total. The van der Waals surface area contributed by atoms with Crippen LogP contribution in [-0.2, 0) is 9.59 Å². The van der Waals surface area contributed by atoms with Gasteiger partial charge in [0.2, 0.25) is 11.8 Å². The lowest BCUT2D eigenvalue weighted by atomic mass is 10.0. The van der Waals surface area contributed by atoms with Crippen LogP contribution in [0.3, 0.4) is 0 Å². The minimum Gasteiger partial charge on any atom is -0.491 e. The topological polar surface area (TPSA) is 181 Å². The standard InChI is InChI=1S/C42H47ClFN9O6/c1-2-36(54)49-33-23-28-32(46-25-47-39(28)48-26-10-11-30(44)29(43)22-26)24-35(33)59-21-7-16-52-19-17-51(18-20-52)15-5-3-4-14-45-31-9-6-8-27-38(31)42(58)53(41(27)57)34-12-13-37(55)50-40(34)56/h2,6,8-11,22-25,34,37,45,55H,1,3-5,7,12-21H2,(H,49,54)(H,50,56)(H,46,47,48). The number of aliphatic hydroxyl groups is 1. The summed E-state index contributed by atoms with van der Waals surface area (Å²) in [5.74, 6) is -1.50. The van der Waals surface area contributed by atoms with Gasteiger partial charge >= 0.3 is 0 Å². The number of amides is 4. The minimum atomic E-state index is -0.969. The number of carbonyl (C=O) groups excluding carboxylic acids is 4. The second-order valence-electron chi connectivity index (χ2n) is 14.7. The van der Waals surface area contributed by atoms with Crippen molar-refractivity contribution in [2.45, 2.75) is 50.8 Å². The Hall–Kier alpha value is -5.68. The first kappa shape index (κ1) is 41.5. The second-order valence-corrected chi connectivity index (χ2v) is 15.1. The average Bonchev–Trinajstić information content (AvgIpc) is 3.48. The summed E-state index contributed by atoms with van der Waals surface area (Å²) in [7, 11) is 0. The third kappa shape index (κ3) is 9.79. The van der Waals surface area contributed by atoms with Crippen molar-refractivity contribution in [1.82, 2.24) is 30.0 Å². The quantitative estimate of drug-likeness (QED) is 0.0538. The Labute approximate surface area is 345 Å². The van der Waals surface area contributed by atoms with Gasteiger partial charge in [-0.3, -0.25) is 24.1 Å². The highest BCUT2D eigenvalue weighted by atomic mass is 35.5. The molecule has 2 saturated heterocycles. The molecule has 0 saturated carbocycles. The number of nitrogens with one attached hydrogen (secondary N) is 4. The summed E-state index contributed by atoms with van der Waals surface area (Å²) in [5, 5.41) is 22.0. The smallest absolute Gasteiger partial charge is 0.264 e. The molecule has 0 bridgehead atoms. The van der Waals surface area contributed by atoms with Gasteiger partial charge in [-0.05, 0) is 81.1 Å². The summed E-state index contributed by atoms with van der Waals surface area (Å²) in [6.45, 7) is 10.4. The highest BCUT2D eigenvalue weighted by molar-refractivity contribution is 6.31. The zero-order valence-corrected chi connectivity index (χ0v) is 33.3. The molecule has 59 heavy (non-hydrogen) atoms. The van der Waals surface area contributed by atoms with Crippen LogP contribution in [0.4, 0.5) is 27.3 Å². The predicted molar refractivity (Wildman–Crippen MR) is 223 cm³/mol. The molecule has 4 aromatic rings. The number of halogens is 2. The molecule has 2 atom stereocenters. The van der Waals surface area contributed by atoms with Gasteiger partial charge in [0.25, 0.3) is 11.8 Å². The third-order valence-corrected chi connectivity index (χ3v) is 11.0. The first-order valence-electron chi connectivity index (χ1n) is 19.8. The average molecular weight is 828 g/mol. The lowest BCUT2D eigenvalue weighted by Gasteiger charge is -2.34. The molecular weight excluding hydrogens is 781 g/mol. The second kappa shape index (κ2) is 18.9. The molecule has 3 aliphatic heterocycles. The van der Waals surface area contributed by atoms with E-state index in [9.17, 15) is 28.7 Å². The van der Waals surface area contributed by atoms with Crippen LogP contribution in [-0.4, -0.2) is 118 Å². The van der Waals surface area contributed by atoms with E-state index in [0.717, 1.165) is 69.9 Å². The fourth-order valence-corrected chi connectivity index (χ4v) is 7.80. The number of aromatic nitrogens is 2. The first-order valence-corrected chi connectivity index (χ1v) is 20.2. The molecule has 3 aliphatic rings. The summed E-state index contributed by atoms with van der Waals surface area (Å²) >= 11 is 5.97. The molecule has 2 fully saturated rings. The number of anilines is 4. The number of fused-ring (bicyclic) bond motifs is 2. The fourth-order valence-electron chi connectivity index (χ4n) is 7.62. The number of unbranched alkanes of at least 4 members (excludes halogenated alkanes) is 2. The zero-order chi connectivity index (χ0) is 41.5. The SMILES string of the molecule is C=CC(=O)Nc1cc2c(Nc3ccc(F)c(Cl)c3)ncnc2cc1OCCCN1CCN(CCCCCNc2cccc3c2C(=O)N(C2CCC(O)NC2=O)C3=O)CC1. The molecule has 4 amide bonds. The maximum atomic E-state index is 13.7. The van der Waals surface area contributed by atoms with E-state index < -0.39 is 41.7 Å². The van der Waals surface area contributed by atoms with Gasteiger partial charge < -0.3 is 40.9 Å². The van der Waals surface area contributed by atoms with E-state index >= 15 is 0 Å². The van der Waals surface area contributed by atoms with Crippen molar-refractivity contribution >= 4 is 69.0 Å². The number of aliphatic hydroxyl groups excluding tert-OH is 1. The van der Waals surface area contributed by atoms with Crippen molar-refractivity contribution in [3.05, 3.63) is 89.5 Å². The van der Waals surface area contributed by atoms with E-state index in [1.165, 1.54) is 24.5 Å². The van der Waals surface area contributed by atoms with Gasteiger partial charge in [0.1, 0.15) is 36.0 Å². The van der Waals surface area contributed by atoms with Crippen LogP contribution in [0.2, 0.25) is 5.02 Å². The third-order valence-electron chi connectivity index (χ3n) is 10.8. The lowest BCUT2D eigenvalue weighted by molar-refractivity contribution is -0.131. The number of carbonyl (C=O) groups is 4. The van der Waals surface area contributed by atoms with Crippen LogP contribution in [0.5, 0.6) is 5.75 Å². The van der Waals surface area contributed by atoms with E-state index in [1.54, 1.807) is 36.4 Å². The zero-order valence-electron chi connectivity index (χ0n) is 32.5. The number of imide groups is 1. The summed E-state index contributed by atoms with van der Waals surface area (Å²) in [6, 6.07) is 12.0. The van der Waals surface area contributed by atoms with Crippen LogP contribution in [0.25, 0.3) is 10.9 Å². The molecule has 0 radical (unpaired) electrons. The van der Waals surface area contributed by atoms with Crippen LogP contribution >= 0.6 is 11.6 Å². The van der Waals surface area contributed by atoms with Gasteiger partial charge in [0, 0.05) is 62.1 Å². The molecule has 0 aliphatic carbocycles. The maximum Gasteiger partial charge on any atom is 0.264 e. The molecule has 7 rings (SSSR count). The van der Waals surface area contributed by atoms with Crippen molar-refractivity contribution in [3.8, 4) is 5.75 Å². The largest absolute Gasteiger partial charge is 0.491 e. The monoisotopic (exact) mass is 827 g/mol. The Morgan fingerprint density at radius 2 is 1.75 bits per heavy atom. The Bertz CT molecular complexity index is 2240. The van der Waals surface area contributed by atoms with Crippen LogP contribution in [0.1, 0.15) is 59.2 Å². The van der Waals surface area contributed by atoms with Crippen LogP contribution in [0, 0.1) is 5.82 Å². The van der Waals surface area contributed by atoms with Gasteiger partial charge in [0.05, 0.1) is 34.0 Å². The number of ether oxygens (including phenoxy) is 1. The summed E-state index contributed by atoms with van der Waals surface area (Å²) in [6.07, 6.45) is 5.83. The van der Waals surface area contributed by atoms with Gasteiger partial charge in [-0.15, -0.1) is 0 Å². The molecule has 5 N–H and O–H groups in total. The van der Waals surface area contributed by atoms with Crippen molar-refractivity contribution in [1.29, 1.82) is 0 Å². The molecular formula is C42H47ClFN9O6. The normalized spacial score (nSPS) is 18.4. The van der Waals surface area contributed by atoms with Crippen molar-refractivity contribution in [2.24, 2.45) is 0 Å². The molecule has 1 aromatic heterocycles. The van der Waals surface area contributed by atoms with E-state index in [4.69, 9.17) is 16.3 Å². The number of benzene rings is 3. The number of nitrogens with zero attached hydrogens (tertiary/aromatic N) is 5. The summed E-state index contributed by atoms with van der Waals surface area (Å²) in [4.78, 5) is 66.0. The number of rotatable bonds is 17. The van der Waals surface area contributed by atoms with Crippen molar-refractivity contribution in [2.75, 3.05) is 68.4 Å². The summed E-state index contributed by atoms with van der Waals surface area (Å²) < 4.78 is 19.9.